The molecule has 0 amide bonds. The van der Waals surface area contributed by atoms with E-state index < -0.39 is 5.97 Å². The molecule has 0 saturated carbocycles. The third-order valence-corrected chi connectivity index (χ3v) is 4.12. The summed E-state index contributed by atoms with van der Waals surface area (Å²) in [6.07, 6.45) is 0.686. The second-order valence-corrected chi connectivity index (χ2v) is 5.99. The SMILES string of the molecule is CCc1cc(C(=O)OC)cc2cc(-c3ccc(Br)cc3F)nn12. The van der Waals surface area contributed by atoms with Crippen molar-refractivity contribution in [1.82, 2.24) is 9.61 Å². The van der Waals surface area contributed by atoms with Crippen molar-refractivity contribution in [3.8, 4) is 11.3 Å². The molecule has 0 aliphatic carbocycles. The number of carbonyl (C=O) groups excluding carboxylic acids is 1. The Hall–Kier alpha value is -2.21. The number of hydrogen-bond acceptors (Lipinski definition) is 3. The number of carbonyl (C=O) groups is 1. The third-order valence-electron chi connectivity index (χ3n) is 3.62. The van der Waals surface area contributed by atoms with Crippen LogP contribution in [0, 0.1) is 5.82 Å². The number of hydrogen-bond donors (Lipinski definition) is 0. The summed E-state index contributed by atoms with van der Waals surface area (Å²) < 4.78 is 21.3. The summed E-state index contributed by atoms with van der Waals surface area (Å²) in [5.41, 5.74) is 2.97. The van der Waals surface area contributed by atoms with Crippen molar-refractivity contribution >= 4 is 27.4 Å². The maximum atomic E-state index is 14.2. The Balaban J connectivity index is 2.19. The number of benzene rings is 1. The molecule has 1 aromatic carbocycles. The molecule has 0 bridgehead atoms. The van der Waals surface area contributed by atoms with Gasteiger partial charge in [0.05, 0.1) is 23.9 Å². The highest BCUT2D eigenvalue weighted by atomic mass is 79.9. The molecule has 3 aromatic rings. The molecule has 6 heteroatoms. The smallest absolute Gasteiger partial charge is 0.337 e. The van der Waals surface area contributed by atoms with E-state index in [9.17, 15) is 9.18 Å². The molecule has 2 aromatic heterocycles. The Morgan fingerprint density at radius 1 is 1.30 bits per heavy atom. The highest BCUT2D eigenvalue weighted by Gasteiger charge is 2.14. The summed E-state index contributed by atoms with van der Waals surface area (Å²) in [7, 11) is 1.34. The highest BCUT2D eigenvalue weighted by Crippen LogP contribution is 2.26. The molecular formula is C17H14BrFN2O2. The van der Waals surface area contributed by atoms with Crippen LogP contribution in [0.15, 0.2) is 40.9 Å². The first-order valence-electron chi connectivity index (χ1n) is 7.10. The van der Waals surface area contributed by atoms with Crippen LogP contribution in [0.2, 0.25) is 0 Å². The number of aromatic nitrogens is 2. The van der Waals surface area contributed by atoms with Crippen molar-refractivity contribution in [1.29, 1.82) is 0 Å². The molecule has 3 rings (SSSR count). The standard InChI is InChI=1S/C17H14BrFN2O2/c1-3-12-6-10(17(22)23-2)7-13-9-16(20-21(12)13)14-5-4-11(18)8-15(14)19/h4-9H,3H2,1-2H3. The van der Waals surface area contributed by atoms with Crippen molar-refractivity contribution in [3.63, 3.8) is 0 Å². The first-order valence-corrected chi connectivity index (χ1v) is 7.89. The van der Waals surface area contributed by atoms with Crippen molar-refractivity contribution < 1.29 is 13.9 Å². The Bertz CT molecular complexity index is 905. The van der Waals surface area contributed by atoms with Crippen molar-refractivity contribution in [3.05, 3.63) is 57.9 Å². The molecule has 0 fully saturated rings. The minimum Gasteiger partial charge on any atom is -0.465 e. The van der Waals surface area contributed by atoms with E-state index in [4.69, 9.17) is 4.74 Å². The van der Waals surface area contributed by atoms with E-state index in [1.165, 1.54) is 13.2 Å². The zero-order chi connectivity index (χ0) is 16.6. The van der Waals surface area contributed by atoms with Gasteiger partial charge in [-0.05, 0) is 42.8 Å². The predicted octanol–water partition coefficient (Wildman–Crippen LogP) is 4.25. The number of pyridine rings is 1. The van der Waals surface area contributed by atoms with Crippen LogP contribution >= 0.6 is 15.9 Å². The van der Waals surface area contributed by atoms with Gasteiger partial charge < -0.3 is 4.74 Å². The van der Waals surface area contributed by atoms with Gasteiger partial charge in [0, 0.05) is 15.7 Å². The fraction of sp³-hybridized carbons (Fsp3) is 0.176. The maximum Gasteiger partial charge on any atom is 0.337 e. The van der Waals surface area contributed by atoms with Gasteiger partial charge in [-0.1, -0.05) is 22.9 Å². The van der Waals surface area contributed by atoms with Crippen LogP contribution in [-0.4, -0.2) is 22.7 Å². The molecule has 0 aliphatic rings. The fourth-order valence-electron chi connectivity index (χ4n) is 2.49. The molecule has 23 heavy (non-hydrogen) atoms. The van der Waals surface area contributed by atoms with Crippen molar-refractivity contribution in [2.45, 2.75) is 13.3 Å². The second kappa shape index (κ2) is 6.12. The first kappa shape index (κ1) is 15.7. The van der Waals surface area contributed by atoms with E-state index in [2.05, 4.69) is 21.0 Å². The Morgan fingerprint density at radius 2 is 2.09 bits per heavy atom. The Labute approximate surface area is 141 Å². The first-order chi connectivity index (χ1) is 11.0. The van der Waals surface area contributed by atoms with E-state index in [1.807, 2.05) is 6.92 Å². The normalized spacial score (nSPS) is 11.0. The van der Waals surface area contributed by atoms with Crippen LogP contribution in [0.25, 0.3) is 16.8 Å². The zero-order valence-corrected chi connectivity index (χ0v) is 14.2. The summed E-state index contributed by atoms with van der Waals surface area (Å²) >= 11 is 3.24. The lowest BCUT2D eigenvalue weighted by Gasteiger charge is -2.05. The lowest BCUT2D eigenvalue weighted by molar-refractivity contribution is 0.0600. The van der Waals surface area contributed by atoms with Crippen LogP contribution in [0.1, 0.15) is 23.0 Å². The van der Waals surface area contributed by atoms with E-state index in [0.717, 1.165) is 11.2 Å². The average Bonchev–Trinajstić information content (AvgIpc) is 2.96. The number of aryl methyl sites for hydroxylation is 1. The van der Waals surface area contributed by atoms with Gasteiger partial charge in [-0.15, -0.1) is 0 Å². The topological polar surface area (TPSA) is 43.6 Å². The van der Waals surface area contributed by atoms with Gasteiger partial charge in [0.1, 0.15) is 5.82 Å². The summed E-state index contributed by atoms with van der Waals surface area (Å²) in [5.74, 6) is -0.756. The van der Waals surface area contributed by atoms with Crippen molar-refractivity contribution in [2.75, 3.05) is 7.11 Å². The molecule has 4 nitrogen and oxygen atoms in total. The third kappa shape index (κ3) is 2.86. The molecule has 2 heterocycles. The van der Waals surface area contributed by atoms with E-state index >= 15 is 0 Å². The summed E-state index contributed by atoms with van der Waals surface area (Å²) in [6, 6.07) is 10.0. The van der Waals surface area contributed by atoms with Crippen LogP contribution < -0.4 is 0 Å². The number of rotatable bonds is 3. The van der Waals surface area contributed by atoms with E-state index in [-0.39, 0.29) is 5.82 Å². The van der Waals surface area contributed by atoms with Gasteiger partial charge >= 0.3 is 5.97 Å². The number of nitrogens with zero attached hydrogens (tertiary/aromatic N) is 2. The van der Waals surface area contributed by atoms with E-state index in [1.54, 1.807) is 34.8 Å². The summed E-state index contributed by atoms with van der Waals surface area (Å²) in [5, 5.41) is 4.48. The number of methoxy groups -OCH3 is 1. The largest absolute Gasteiger partial charge is 0.465 e. The van der Waals surface area contributed by atoms with E-state index in [0.29, 0.717) is 27.7 Å². The molecule has 118 valence electrons. The van der Waals surface area contributed by atoms with Gasteiger partial charge in [0.2, 0.25) is 0 Å². The molecule has 0 spiro atoms. The molecule has 0 N–H and O–H groups in total. The van der Waals surface area contributed by atoms with Crippen LogP contribution in [0.4, 0.5) is 4.39 Å². The number of ether oxygens (including phenoxy) is 1. The van der Waals surface area contributed by atoms with Crippen LogP contribution in [0.3, 0.4) is 0 Å². The van der Waals surface area contributed by atoms with Crippen molar-refractivity contribution in [2.24, 2.45) is 0 Å². The number of halogens is 2. The van der Waals surface area contributed by atoms with Crippen LogP contribution in [-0.2, 0) is 11.2 Å². The molecule has 0 radical (unpaired) electrons. The van der Waals surface area contributed by atoms with Gasteiger partial charge in [0.25, 0.3) is 0 Å². The van der Waals surface area contributed by atoms with Gasteiger partial charge in [-0.2, -0.15) is 5.10 Å². The lowest BCUT2D eigenvalue weighted by Crippen LogP contribution is -2.05. The van der Waals surface area contributed by atoms with Gasteiger partial charge in [0.15, 0.2) is 0 Å². The number of esters is 1. The quantitative estimate of drug-likeness (QED) is 0.641. The lowest BCUT2D eigenvalue weighted by atomic mass is 10.1. The molecule has 0 atom stereocenters. The average molecular weight is 377 g/mol. The molecule has 0 saturated heterocycles. The fourth-order valence-corrected chi connectivity index (χ4v) is 2.82. The highest BCUT2D eigenvalue weighted by molar-refractivity contribution is 9.10. The minimum atomic E-state index is -0.403. The zero-order valence-electron chi connectivity index (χ0n) is 12.6. The predicted molar refractivity (Wildman–Crippen MR) is 89.0 cm³/mol. The summed E-state index contributed by atoms with van der Waals surface area (Å²) in [4.78, 5) is 11.8. The maximum absolute atomic E-state index is 14.2. The van der Waals surface area contributed by atoms with Gasteiger partial charge in [-0.3, -0.25) is 0 Å². The number of fused-ring (bicyclic) bond motifs is 1. The second-order valence-electron chi connectivity index (χ2n) is 5.07. The summed E-state index contributed by atoms with van der Waals surface area (Å²) in [6.45, 7) is 1.97. The minimum absolute atomic E-state index is 0.353. The Kier molecular flexibility index (Phi) is 4.17. The molecular weight excluding hydrogens is 363 g/mol. The molecule has 0 aliphatic heterocycles. The molecule has 0 unspecified atom stereocenters. The van der Waals surface area contributed by atoms with Crippen LogP contribution in [0.5, 0.6) is 0 Å². The monoisotopic (exact) mass is 376 g/mol. The van der Waals surface area contributed by atoms with Gasteiger partial charge in [-0.25, -0.2) is 13.7 Å². The Morgan fingerprint density at radius 3 is 2.74 bits per heavy atom.